The van der Waals surface area contributed by atoms with Crippen molar-refractivity contribution >= 4 is 0 Å². The molecule has 6 unspecified atom stereocenters. The van der Waals surface area contributed by atoms with Gasteiger partial charge in [0.2, 0.25) is 0 Å². The summed E-state index contributed by atoms with van der Waals surface area (Å²) in [5, 5.41) is 0. The number of nitrogens with zero attached hydrogens (tertiary/aromatic N) is 4. The Hall–Kier alpha value is -0.160. The molecule has 3 bridgehead atoms. The SMILES string of the molecule is CN1CCCN2CCN3CCCN(CC1)C1CC4CC2C413. The Morgan fingerprint density at radius 3 is 2.10 bits per heavy atom. The van der Waals surface area contributed by atoms with Gasteiger partial charge in [-0.2, -0.15) is 0 Å². The van der Waals surface area contributed by atoms with Gasteiger partial charge in [-0.15, -0.1) is 0 Å². The topological polar surface area (TPSA) is 13.0 Å². The predicted molar refractivity (Wildman–Crippen MR) is 84.5 cm³/mol. The zero-order valence-electron chi connectivity index (χ0n) is 13.5. The van der Waals surface area contributed by atoms with Crippen molar-refractivity contribution in [3.63, 3.8) is 0 Å². The van der Waals surface area contributed by atoms with E-state index in [1.807, 2.05) is 0 Å². The van der Waals surface area contributed by atoms with Crippen LogP contribution in [0.1, 0.15) is 25.7 Å². The molecule has 0 aromatic rings. The predicted octanol–water partition coefficient (Wildman–Crippen LogP) is 0.545. The highest BCUT2D eigenvalue weighted by molar-refractivity contribution is 5.30. The van der Waals surface area contributed by atoms with Crippen LogP contribution >= 0.6 is 0 Å². The van der Waals surface area contributed by atoms with Gasteiger partial charge in [0.25, 0.3) is 0 Å². The highest BCUT2D eigenvalue weighted by Crippen LogP contribution is 2.62. The first-order valence-electron chi connectivity index (χ1n) is 9.22. The molecule has 0 aromatic heterocycles. The minimum Gasteiger partial charge on any atom is -0.305 e. The van der Waals surface area contributed by atoms with Gasteiger partial charge in [-0.25, -0.2) is 0 Å². The van der Waals surface area contributed by atoms with E-state index >= 15 is 0 Å². The van der Waals surface area contributed by atoms with E-state index in [2.05, 4.69) is 26.6 Å². The number of hydrogen-bond acceptors (Lipinski definition) is 4. The van der Waals surface area contributed by atoms with Gasteiger partial charge < -0.3 is 4.90 Å². The van der Waals surface area contributed by atoms with Gasteiger partial charge in [0.05, 0.1) is 5.54 Å². The zero-order valence-corrected chi connectivity index (χ0v) is 13.5. The van der Waals surface area contributed by atoms with Crippen LogP contribution in [0.2, 0.25) is 0 Å². The molecule has 0 amide bonds. The van der Waals surface area contributed by atoms with Crippen LogP contribution in [0.5, 0.6) is 0 Å². The van der Waals surface area contributed by atoms with Crippen molar-refractivity contribution < 1.29 is 0 Å². The zero-order chi connectivity index (χ0) is 14.0. The maximum absolute atomic E-state index is 2.94. The number of likely N-dealkylation sites (N-methyl/N-ethyl adjacent to an activating group) is 1. The Balaban J connectivity index is 1.51. The lowest BCUT2D eigenvalue weighted by molar-refractivity contribution is -0.244. The van der Waals surface area contributed by atoms with Crippen molar-refractivity contribution in [1.29, 1.82) is 0 Å². The minimum absolute atomic E-state index is 0.581. The van der Waals surface area contributed by atoms with Crippen LogP contribution in [0.25, 0.3) is 0 Å². The van der Waals surface area contributed by atoms with Crippen molar-refractivity contribution in [2.75, 3.05) is 59.4 Å². The monoisotopic (exact) mass is 290 g/mol. The molecule has 3 saturated heterocycles. The van der Waals surface area contributed by atoms with Gasteiger partial charge in [-0.05, 0) is 58.3 Å². The van der Waals surface area contributed by atoms with E-state index in [0.29, 0.717) is 5.54 Å². The molecule has 0 N–H and O–H groups in total. The second-order valence-electron chi connectivity index (χ2n) is 8.16. The van der Waals surface area contributed by atoms with Gasteiger partial charge in [-0.1, -0.05) is 0 Å². The maximum atomic E-state index is 2.94. The van der Waals surface area contributed by atoms with Gasteiger partial charge >= 0.3 is 0 Å². The van der Waals surface area contributed by atoms with Crippen LogP contribution in [0.3, 0.4) is 0 Å². The minimum atomic E-state index is 0.581. The fourth-order valence-electron chi connectivity index (χ4n) is 6.41. The summed E-state index contributed by atoms with van der Waals surface area (Å²) in [5.41, 5.74) is 0.581. The average Bonchev–Trinajstić information content (AvgIpc) is 2.60. The third-order valence-corrected chi connectivity index (χ3v) is 7.45. The molecular weight excluding hydrogens is 260 g/mol. The number of piperazine rings is 1. The molecule has 3 heterocycles. The fraction of sp³-hybridized carbons (Fsp3) is 1.00. The summed E-state index contributed by atoms with van der Waals surface area (Å²) >= 11 is 0. The number of rotatable bonds is 0. The molecule has 4 heteroatoms. The Morgan fingerprint density at radius 1 is 0.714 bits per heavy atom. The van der Waals surface area contributed by atoms with Crippen molar-refractivity contribution in [2.45, 2.75) is 43.3 Å². The van der Waals surface area contributed by atoms with E-state index in [0.717, 1.165) is 18.0 Å². The van der Waals surface area contributed by atoms with Crippen molar-refractivity contribution in [2.24, 2.45) is 5.92 Å². The molecule has 4 nitrogen and oxygen atoms in total. The van der Waals surface area contributed by atoms with Gasteiger partial charge in [0, 0.05) is 44.8 Å². The molecule has 5 rings (SSSR count). The van der Waals surface area contributed by atoms with Crippen molar-refractivity contribution in [3.8, 4) is 0 Å². The largest absolute Gasteiger partial charge is 0.305 e. The van der Waals surface area contributed by atoms with E-state index in [1.165, 1.54) is 78.0 Å². The van der Waals surface area contributed by atoms with Crippen LogP contribution < -0.4 is 0 Å². The third-order valence-electron chi connectivity index (χ3n) is 7.45. The highest BCUT2D eigenvalue weighted by Gasteiger charge is 2.73. The van der Waals surface area contributed by atoms with Crippen LogP contribution in [-0.4, -0.2) is 96.6 Å². The third kappa shape index (κ3) is 1.65. The quantitative estimate of drug-likeness (QED) is 0.646. The summed E-state index contributed by atoms with van der Waals surface area (Å²) in [4.78, 5) is 11.3. The van der Waals surface area contributed by atoms with Gasteiger partial charge in [0.1, 0.15) is 0 Å². The normalized spacial score (nSPS) is 53.9. The molecule has 0 aromatic carbocycles. The van der Waals surface area contributed by atoms with Gasteiger partial charge in [-0.3, -0.25) is 14.7 Å². The molecule has 3 aliphatic heterocycles. The lowest BCUT2D eigenvalue weighted by atomic mass is 9.45. The summed E-state index contributed by atoms with van der Waals surface area (Å²) in [6.07, 6.45) is 5.74. The van der Waals surface area contributed by atoms with E-state index in [9.17, 15) is 0 Å². The molecule has 1 spiro atoms. The molecule has 2 aliphatic carbocycles. The van der Waals surface area contributed by atoms with E-state index in [-0.39, 0.29) is 0 Å². The molecule has 5 fully saturated rings. The molecule has 0 radical (unpaired) electrons. The van der Waals surface area contributed by atoms with E-state index < -0.39 is 0 Å². The average molecular weight is 290 g/mol. The highest BCUT2D eigenvalue weighted by atomic mass is 15.4. The van der Waals surface area contributed by atoms with Crippen LogP contribution in [-0.2, 0) is 0 Å². The molecule has 2 saturated carbocycles. The Labute approximate surface area is 129 Å². The second kappa shape index (κ2) is 4.67. The Bertz CT molecular complexity index is 427. The first kappa shape index (κ1) is 13.3. The molecule has 6 atom stereocenters. The van der Waals surface area contributed by atoms with E-state index in [4.69, 9.17) is 0 Å². The second-order valence-corrected chi connectivity index (χ2v) is 8.16. The maximum Gasteiger partial charge on any atom is 0.0550 e. The standard InChI is InChI=1S/C17H30N4/c1-18-4-2-5-20-10-11-21-7-3-6-19(9-8-18)15-12-14-13-16(20)17(14,15)21/h14-16H,2-13H2,1H3. The summed E-state index contributed by atoms with van der Waals surface area (Å²) in [5.74, 6) is 1.02. The van der Waals surface area contributed by atoms with Gasteiger partial charge in [0.15, 0.2) is 0 Å². The Morgan fingerprint density at radius 2 is 1.38 bits per heavy atom. The molecule has 21 heavy (non-hydrogen) atoms. The lowest BCUT2D eigenvalue weighted by Crippen LogP contribution is -2.88. The fourth-order valence-corrected chi connectivity index (χ4v) is 6.41. The summed E-state index contributed by atoms with van der Waals surface area (Å²) in [6, 6.07) is 1.76. The summed E-state index contributed by atoms with van der Waals surface area (Å²) in [6.45, 7) is 10.6. The van der Waals surface area contributed by atoms with E-state index in [1.54, 1.807) is 0 Å². The van der Waals surface area contributed by atoms with Crippen molar-refractivity contribution in [1.82, 2.24) is 19.6 Å². The van der Waals surface area contributed by atoms with Crippen LogP contribution in [0, 0.1) is 5.92 Å². The van der Waals surface area contributed by atoms with Crippen molar-refractivity contribution in [3.05, 3.63) is 0 Å². The summed E-state index contributed by atoms with van der Waals surface area (Å²) in [7, 11) is 2.32. The number of hydrogen-bond donors (Lipinski definition) is 0. The lowest BCUT2D eigenvalue weighted by Gasteiger charge is -2.76. The van der Waals surface area contributed by atoms with Crippen LogP contribution in [0.15, 0.2) is 0 Å². The first-order valence-corrected chi connectivity index (χ1v) is 9.22. The first-order chi connectivity index (χ1) is 10.3. The Kier molecular flexibility index (Phi) is 2.96. The molecular formula is C17H30N4. The molecule has 118 valence electrons. The van der Waals surface area contributed by atoms with Crippen LogP contribution in [0.4, 0.5) is 0 Å². The smallest absolute Gasteiger partial charge is 0.0550 e. The molecule has 5 aliphatic rings. The summed E-state index contributed by atoms with van der Waals surface area (Å²) < 4.78 is 0.